The average molecular weight is 391 g/mol. The number of hydrogen-bond acceptors (Lipinski definition) is 6. The second-order valence-electron chi connectivity index (χ2n) is 7.79. The monoisotopic (exact) mass is 391 g/mol. The van der Waals surface area contributed by atoms with Gasteiger partial charge in [0.05, 0.1) is 18.7 Å². The lowest BCUT2D eigenvalue weighted by molar-refractivity contribution is 0.0909. The van der Waals surface area contributed by atoms with Gasteiger partial charge < -0.3 is 10.1 Å². The smallest absolute Gasteiger partial charge is 0.270 e. The van der Waals surface area contributed by atoms with Gasteiger partial charge in [-0.1, -0.05) is 12.1 Å². The summed E-state index contributed by atoms with van der Waals surface area (Å²) in [6, 6.07) is 12.6. The number of rotatable bonds is 4. The van der Waals surface area contributed by atoms with Crippen LogP contribution in [0.25, 0.3) is 0 Å². The summed E-state index contributed by atoms with van der Waals surface area (Å²) in [6.07, 6.45) is 4.26. The van der Waals surface area contributed by atoms with Crippen molar-refractivity contribution in [2.24, 2.45) is 5.92 Å². The molecule has 2 aliphatic rings. The van der Waals surface area contributed by atoms with Crippen LogP contribution in [0.1, 0.15) is 52.5 Å². The lowest BCUT2D eigenvalue weighted by atomic mass is 9.77. The molecule has 29 heavy (non-hydrogen) atoms. The summed E-state index contributed by atoms with van der Waals surface area (Å²) in [6.45, 7) is 1.81. The molecule has 4 unspecified atom stereocenters. The second kappa shape index (κ2) is 8.19. The highest BCUT2D eigenvalue weighted by atomic mass is 16.5. The lowest BCUT2D eigenvalue weighted by Gasteiger charge is -2.33. The molecule has 3 N–H and O–H groups in total. The Morgan fingerprint density at radius 2 is 2.07 bits per heavy atom. The SMILES string of the molecule is COc1ccc(C2NNC3CCC(NC(=O)c4ncc(C#N)cc4C)CC32)cc1. The fourth-order valence-corrected chi connectivity index (χ4v) is 4.46. The molecule has 2 aromatic rings. The molecule has 1 aliphatic heterocycles. The van der Waals surface area contributed by atoms with E-state index in [0.717, 1.165) is 30.6 Å². The molecule has 1 amide bonds. The average Bonchev–Trinajstić information content (AvgIpc) is 3.16. The summed E-state index contributed by atoms with van der Waals surface area (Å²) < 4.78 is 5.26. The zero-order chi connectivity index (χ0) is 20.4. The highest BCUT2D eigenvalue weighted by Crippen LogP contribution is 2.38. The van der Waals surface area contributed by atoms with Gasteiger partial charge in [0.15, 0.2) is 0 Å². The van der Waals surface area contributed by atoms with E-state index in [-0.39, 0.29) is 18.0 Å². The summed E-state index contributed by atoms with van der Waals surface area (Å²) >= 11 is 0. The van der Waals surface area contributed by atoms with E-state index >= 15 is 0 Å². The Labute approximate surface area is 170 Å². The first-order valence-electron chi connectivity index (χ1n) is 9.91. The summed E-state index contributed by atoms with van der Waals surface area (Å²) in [5.41, 5.74) is 9.64. The molecule has 7 nitrogen and oxygen atoms in total. The maximum Gasteiger partial charge on any atom is 0.270 e. The van der Waals surface area contributed by atoms with Crippen molar-refractivity contribution >= 4 is 5.91 Å². The van der Waals surface area contributed by atoms with Crippen molar-refractivity contribution in [3.05, 3.63) is 58.9 Å². The molecule has 1 aliphatic carbocycles. The van der Waals surface area contributed by atoms with Gasteiger partial charge in [-0.25, -0.2) is 10.4 Å². The van der Waals surface area contributed by atoms with E-state index in [1.165, 1.54) is 11.8 Å². The summed E-state index contributed by atoms with van der Waals surface area (Å²) in [5.74, 6) is 1.06. The molecule has 1 saturated heterocycles. The van der Waals surface area contributed by atoms with E-state index in [0.29, 0.717) is 23.2 Å². The molecule has 0 spiro atoms. The zero-order valence-electron chi connectivity index (χ0n) is 16.6. The number of aryl methyl sites for hydroxylation is 1. The van der Waals surface area contributed by atoms with Crippen molar-refractivity contribution in [2.75, 3.05) is 7.11 Å². The Kier molecular flexibility index (Phi) is 5.47. The molecular weight excluding hydrogens is 366 g/mol. The van der Waals surface area contributed by atoms with Gasteiger partial charge in [0.1, 0.15) is 17.5 Å². The molecule has 4 rings (SSSR count). The molecule has 0 bridgehead atoms. The fraction of sp³-hybridized carbons (Fsp3) is 0.409. The van der Waals surface area contributed by atoms with Crippen LogP contribution in [0.5, 0.6) is 5.75 Å². The number of hydrazine groups is 1. The minimum absolute atomic E-state index is 0.100. The normalized spacial score (nSPS) is 25.7. The number of carbonyl (C=O) groups excluding carboxylic acids is 1. The highest BCUT2D eigenvalue weighted by Gasteiger charge is 2.41. The number of aromatic nitrogens is 1. The fourth-order valence-electron chi connectivity index (χ4n) is 4.46. The van der Waals surface area contributed by atoms with Crippen LogP contribution < -0.4 is 20.9 Å². The number of pyridine rings is 1. The number of methoxy groups -OCH3 is 1. The minimum Gasteiger partial charge on any atom is -0.497 e. The number of nitrogens with zero attached hydrogens (tertiary/aromatic N) is 2. The predicted octanol–water partition coefficient (Wildman–Crippen LogP) is 2.39. The van der Waals surface area contributed by atoms with Gasteiger partial charge in [-0.3, -0.25) is 10.2 Å². The Balaban J connectivity index is 1.44. The Hall–Kier alpha value is -2.95. The van der Waals surface area contributed by atoms with Crippen molar-refractivity contribution < 1.29 is 9.53 Å². The summed E-state index contributed by atoms with van der Waals surface area (Å²) in [4.78, 5) is 16.9. The Morgan fingerprint density at radius 1 is 1.28 bits per heavy atom. The zero-order valence-corrected chi connectivity index (χ0v) is 16.6. The first-order valence-corrected chi connectivity index (χ1v) is 9.91. The van der Waals surface area contributed by atoms with E-state index in [4.69, 9.17) is 10.00 Å². The number of fused-ring (bicyclic) bond motifs is 1. The largest absolute Gasteiger partial charge is 0.497 e. The highest BCUT2D eigenvalue weighted by molar-refractivity contribution is 5.93. The molecule has 0 radical (unpaired) electrons. The van der Waals surface area contributed by atoms with Gasteiger partial charge in [-0.2, -0.15) is 5.26 Å². The van der Waals surface area contributed by atoms with Crippen LogP contribution >= 0.6 is 0 Å². The third-order valence-corrected chi connectivity index (χ3v) is 5.98. The Bertz CT molecular complexity index is 937. The quantitative estimate of drug-likeness (QED) is 0.740. The summed E-state index contributed by atoms with van der Waals surface area (Å²) in [7, 11) is 1.67. The molecule has 7 heteroatoms. The first kappa shape index (κ1) is 19.4. The number of hydrogen-bond donors (Lipinski definition) is 3. The molecule has 2 heterocycles. The lowest BCUT2D eigenvalue weighted by Crippen LogP contribution is -2.44. The van der Waals surface area contributed by atoms with E-state index < -0.39 is 0 Å². The van der Waals surface area contributed by atoms with E-state index in [9.17, 15) is 4.79 Å². The van der Waals surface area contributed by atoms with Crippen LogP contribution in [0, 0.1) is 24.2 Å². The third-order valence-electron chi connectivity index (χ3n) is 5.98. The van der Waals surface area contributed by atoms with Crippen molar-refractivity contribution in [2.45, 2.75) is 44.3 Å². The standard InChI is InChI=1S/C22H25N5O2/c1-13-9-14(11-23)12-24-20(13)22(28)25-16-5-8-19-18(10-16)21(27-26-19)15-3-6-17(29-2)7-4-15/h3-4,6-7,9,12,16,18-19,21,26-27H,5,8,10H2,1-2H3,(H,25,28). The van der Waals surface area contributed by atoms with Gasteiger partial charge in [0, 0.05) is 18.3 Å². The van der Waals surface area contributed by atoms with Crippen LogP contribution in [0.15, 0.2) is 36.5 Å². The van der Waals surface area contributed by atoms with Crippen LogP contribution in [0.2, 0.25) is 0 Å². The van der Waals surface area contributed by atoms with Crippen molar-refractivity contribution in [1.29, 1.82) is 5.26 Å². The van der Waals surface area contributed by atoms with Crippen LogP contribution in [0.3, 0.4) is 0 Å². The Morgan fingerprint density at radius 3 is 2.76 bits per heavy atom. The van der Waals surface area contributed by atoms with Crippen molar-refractivity contribution in [3.8, 4) is 11.8 Å². The number of amides is 1. The third kappa shape index (κ3) is 3.95. The number of benzene rings is 1. The van der Waals surface area contributed by atoms with E-state index in [2.05, 4.69) is 39.4 Å². The van der Waals surface area contributed by atoms with Gasteiger partial charge in [-0.15, -0.1) is 0 Å². The van der Waals surface area contributed by atoms with Crippen molar-refractivity contribution in [3.63, 3.8) is 0 Å². The van der Waals surface area contributed by atoms with E-state index in [1.54, 1.807) is 13.2 Å². The number of nitrogens with one attached hydrogen (secondary N) is 3. The molecule has 4 atom stereocenters. The maximum atomic E-state index is 12.7. The second-order valence-corrected chi connectivity index (χ2v) is 7.79. The molecule has 1 aromatic carbocycles. The predicted molar refractivity (Wildman–Crippen MR) is 108 cm³/mol. The van der Waals surface area contributed by atoms with E-state index in [1.807, 2.05) is 19.1 Å². The van der Waals surface area contributed by atoms with Gasteiger partial charge >= 0.3 is 0 Å². The van der Waals surface area contributed by atoms with Crippen LogP contribution in [-0.4, -0.2) is 30.1 Å². The number of carbonyl (C=O) groups is 1. The van der Waals surface area contributed by atoms with Gasteiger partial charge in [-0.05, 0) is 61.4 Å². The first-order chi connectivity index (χ1) is 14.1. The van der Waals surface area contributed by atoms with Crippen LogP contribution in [0.4, 0.5) is 0 Å². The maximum absolute atomic E-state index is 12.7. The minimum atomic E-state index is -0.171. The topological polar surface area (TPSA) is 99.1 Å². The number of ether oxygens (including phenoxy) is 1. The van der Waals surface area contributed by atoms with Gasteiger partial charge in [0.2, 0.25) is 0 Å². The number of nitriles is 1. The molecule has 1 aromatic heterocycles. The molecular formula is C22H25N5O2. The molecule has 150 valence electrons. The molecule has 1 saturated carbocycles. The van der Waals surface area contributed by atoms with Crippen LogP contribution in [-0.2, 0) is 0 Å². The summed E-state index contributed by atoms with van der Waals surface area (Å²) in [5, 5.41) is 12.1. The van der Waals surface area contributed by atoms with Crippen molar-refractivity contribution in [1.82, 2.24) is 21.2 Å². The molecule has 2 fully saturated rings. The van der Waals surface area contributed by atoms with Gasteiger partial charge in [0.25, 0.3) is 5.91 Å².